The first kappa shape index (κ1) is 12.5. The molecule has 0 saturated carbocycles. The lowest BCUT2D eigenvalue weighted by Gasteiger charge is -2.19. The average molecular weight is 226 g/mol. The summed E-state index contributed by atoms with van der Waals surface area (Å²) < 4.78 is 7.14. The van der Waals surface area contributed by atoms with Crippen LogP contribution in [-0.4, -0.2) is 23.2 Å². The van der Waals surface area contributed by atoms with E-state index in [0.717, 1.165) is 13.0 Å². The quantitative estimate of drug-likeness (QED) is 0.599. The highest BCUT2D eigenvalue weighted by molar-refractivity contribution is 5.67. The number of aromatic amines is 1. The lowest BCUT2D eigenvalue weighted by atomic mass is 10.2. The molecular formula is C11H20N3O2+. The normalized spacial score (nSPS) is 11.2. The lowest BCUT2D eigenvalue weighted by Crippen LogP contribution is -2.36. The van der Waals surface area contributed by atoms with Crippen LogP contribution >= 0.6 is 0 Å². The van der Waals surface area contributed by atoms with Gasteiger partial charge in [-0.1, -0.05) is 0 Å². The molecule has 0 aromatic carbocycles. The van der Waals surface area contributed by atoms with E-state index in [4.69, 9.17) is 4.74 Å². The predicted octanol–water partition coefficient (Wildman–Crippen LogP) is 1.22. The van der Waals surface area contributed by atoms with Crippen LogP contribution < -0.4 is 9.88 Å². The molecule has 5 heteroatoms. The van der Waals surface area contributed by atoms with E-state index >= 15 is 0 Å². The van der Waals surface area contributed by atoms with Gasteiger partial charge in [0.25, 0.3) is 0 Å². The zero-order chi connectivity index (χ0) is 12.0. The summed E-state index contributed by atoms with van der Waals surface area (Å²) in [5.41, 5.74) is -0.431. The van der Waals surface area contributed by atoms with Crippen LogP contribution in [0.5, 0.6) is 0 Å². The lowest BCUT2D eigenvalue weighted by molar-refractivity contribution is -0.695. The van der Waals surface area contributed by atoms with Gasteiger partial charge in [-0.15, -0.1) is 0 Å². The van der Waals surface area contributed by atoms with Gasteiger partial charge in [-0.05, 0) is 20.8 Å². The second-order valence-electron chi connectivity index (χ2n) is 4.63. The highest BCUT2D eigenvalue weighted by Crippen LogP contribution is 2.06. The Morgan fingerprint density at radius 1 is 1.50 bits per heavy atom. The average Bonchev–Trinajstić information content (AvgIpc) is 2.62. The topological polar surface area (TPSA) is 58.0 Å². The van der Waals surface area contributed by atoms with Gasteiger partial charge in [0.05, 0.1) is 6.54 Å². The van der Waals surface area contributed by atoms with Gasteiger partial charge in [0.2, 0.25) is 6.33 Å². The van der Waals surface area contributed by atoms with Crippen LogP contribution in [0.3, 0.4) is 0 Å². The Balaban J connectivity index is 2.09. The van der Waals surface area contributed by atoms with Gasteiger partial charge >= 0.3 is 6.09 Å². The molecule has 5 nitrogen and oxygen atoms in total. The van der Waals surface area contributed by atoms with Crippen molar-refractivity contribution in [2.45, 2.75) is 39.3 Å². The molecule has 0 aliphatic heterocycles. The van der Waals surface area contributed by atoms with Gasteiger partial charge in [-0.3, -0.25) is 4.98 Å². The molecule has 0 radical (unpaired) electrons. The molecule has 0 saturated heterocycles. The molecule has 0 spiro atoms. The van der Waals surface area contributed by atoms with Crippen molar-refractivity contribution in [3.05, 3.63) is 18.7 Å². The number of imidazole rings is 1. The molecule has 0 aliphatic rings. The Morgan fingerprint density at radius 3 is 2.81 bits per heavy atom. The number of nitrogens with zero attached hydrogens (tertiary/aromatic N) is 1. The molecule has 0 bridgehead atoms. The molecule has 1 amide bonds. The van der Waals surface area contributed by atoms with Crippen LogP contribution in [-0.2, 0) is 11.3 Å². The Hall–Kier alpha value is -1.52. The number of nitrogens with one attached hydrogen (secondary N) is 2. The first-order valence-corrected chi connectivity index (χ1v) is 5.46. The number of carbonyl (C=O) groups is 1. The molecule has 1 aromatic heterocycles. The van der Waals surface area contributed by atoms with Crippen LogP contribution in [0.15, 0.2) is 18.7 Å². The number of alkyl carbamates (subject to hydrolysis) is 1. The molecule has 16 heavy (non-hydrogen) atoms. The molecule has 1 heterocycles. The Morgan fingerprint density at radius 2 is 2.25 bits per heavy atom. The van der Waals surface area contributed by atoms with E-state index in [1.54, 1.807) is 0 Å². The van der Waals surface area contributed by atoms with E-state index in [-0.39, 0.29) is 6.09 Å². The smallest absolute Gasteiger partial charge is 0.407 e. The zero-order valence-electron chi connectivity index (χ0n) is 10.1. The number of carbonyl (C=O) groups excluding carboxylic acids is 1. The summed E-state index contributed by atoms with van der Waals surface area (Å²) in [6.07, 6.45) is 6.22. The van der Waals surface area contributed by atoms with E-state index in [2.05, 4.69) is 10.3 Å². The minimum atomic E-state index is -0.431. The van der Waals surface area contributed by atoms with Crippen molar-refractivity contribution < 1.29 is 14.1 Å². The predicted molar refractivity (Wildman–Crippen MR) is 59.8 cm³/mol. The summed E-state index contributed by atoms with van der Waals surface area (Å²) >= 11 is 0. The fourth-order valence-corrected chi connectivity index (χ4v) is 1.23. The molecule has 90 valence electrons. The summed E-state index contributed by atoms with van der Waals surface area (Å²) in [6.45, 7) is 7.04. The third-order valence-electron chi connectivity index (χ3n) is 1.86. The summed E-state index contributed by atoms with van der Waals surface area (Å²) in [6, 6.07) is 0. The van der Waals surface area contributed by atoms with Crippen LogP contribution in [0, 0.1) is 0 Å². The number of amides is 1. The monoisotopic (exact) mass is 226 g/mol. The van der Waals surface area contributed by atoms with Crippen LogP contribution in [0.1, 0.15) is 27.2 Å². The summed E-state index contributed by atoms with van der Waals surface area (Å²) in [7, 11) is 0. The number of ether oxygens (including phenoxy) is 1. The largest absolute Gasteiger partial charge is 0.444 e. The molecule has 1 aromatic rings. The Bertz CT molecular complexity index is 314. The molecular weight excluding hydrogens is 206 g/mol. The number of H-pyrrole nitrogens is 1. The van der Waals surface area contributed by atoms with Gasteiger partial charge in [0.15, 0.2) is 0 Å². The van der Waals surface area contributed by atoms with E-state index in [9.17, 15) is 4.79 Å². The zero-order valence-corrected chi connectivity index (χ0v) is 10.1. The Kier molecular flexibility index (Phi) is 4.34. The third-order valence-corrected chi connectivity index (χ3v) is 1.86. The standard InChI is InChI=1S/C11H19N3O2/c1-11(2,3)16-10(15)13-5-4-7-14-8-6-12-9-14/h6,8-9H,4-5,7H2,1-3H3,(H,13,15)/p+1. The molecule has 0 atom stereocenters. The van der Waals surface area contributed by atoms with Crippen LogP contribution in [0.2, 0.25) is 0 Å². The third kappa shape index (κ3) is 5.38. The van der Waals surface area contributed by atoms with Gasteiger partial charge in [0, 0.05) is 13.0 Å². The second-order valence-corrected chi connectivity index (χ2v) is 4.63. The van der Waals surface area contributed by atoms with Gasteiger partial charge in [-0.25, -0.2) is 9.36 Å². The highest BCUT2D eigenvalue weighted by Gasteiger charge is 2.15. The molecule has 1 rings (SSSR count). The summed E-state index contributed by atoms with van der Waals surface area (Å²) in [5.74, 6) is 0. The molecule has 2 N–H and O–H groups in total. The van der Waals surface area contributed by atoms with Gasteiger partial charge in [0.1, 0.15) is 18.0 Å². The summed E-state index contributed by atoms with van der Waals surface area (Å²) in [4.78, 5) is 14.2. The maximum absolute atomic E-state index is 11.3. The van der Waals surface area contributed by atoms with Crippen LogP contribution in [0.25, 0.3) is 0 Å². The fraction of sp³-hybridized carbons (Fsp3) is 0.636. The molecule has 0 unspecified atom stereocenters. The SMILES string of the molecule is CC(C)(C)OC(=O)NCCC[n+]1cc[nH]c1. The Labute approximate surface area is 95.8 Å². The van der Waals surface area contributed by atoms with Crippen molar-refractivity contribution in [3.63, 3.8) is 0 Å². The fourth-order valence-electron chi connectivity index (χ4n) is 1.23. The first-order chi connectivity index (χ1) is 7.47. The van der Waals surface area contributed by atoms with Crippen molar-refractivity contribution in [1.29, 1.82) is 0 Å². The number of aromatic nitrogens is 2. The maximum atomic E-state index is 11.3. The highest BCUT2D eigenvalue weighted by atomic mass is 16.6. The molecule has 0 fully saturated rings. The number of rotatable bonds is 4. The van der Waals surface area contributed by atoms with E-state index in [0.29, 0.717) is 6.54 Å². The van der Waals surface area contributed by atoms with Crippen molar-refractivity contribution in [2.24, 2.45) is 0 Å². The van der Waals surface area contributed by atoms with Crippen molar-refractivity contribution in [3.8, 4) is 0 Å². The van der Waals surface area contributed by atoms with Crippen LogP contribution in [0.4, 0.5) is 4.79 Å². The van der Waals surface area contributed by atoms with Crippen molar-refractivity contribution in [1.82, 2.24) is 10.3 Å². The van der Waals surface area contributed by atoms with E-state index in [1.165, 1.54) is 0 Å². The summed E-state index contributed by atoms with van der Waals surface area (Å²) in [5, 5.41) is 2.72. The number of hydrogen-bond acceptors (Lipinski definition) is 2. The van der Waals surface area contributed by atoms with Crippen molar-refractivity contribution in [2.75, 3.05) is 6.54 Å². The minimum Gasteiger partial charge on any atom is -0.444 e. The van der Waals surface area contributed by atoms with Gasteiger partial charge in [-0.2, -0.15) is 0 Å². The number of aryl methyl sites for hydroxylation is 1. The van der Waals surface area contributed by atoms with Crippen molar-refractivity contribution >= 4 is 6.09 Å². The molecule has 0 aliphatic carbocycles. The van der Waals surface area contributed by atoms with E-state index < -0.39 is 5.60 Å². The minimum absolute atomic E-state index is 0.355. The van der Waals surface area contributed by atoms with E-state index in [1.807, 2.05) is 44.1 Å². The second kappa shape index (κ2) is 5.53. The number of hydrogen-bond donors (Lipinski definition) is 2. The maximum Gasteiger partial charge on any atom is 0.407 e. The first-order valence-electron chi connectivity index (χ1n) is 5.46. The van der Waals surface area contributed by atoms with Gasteiger partial charge < -0.3 is 10.1 Å².